The highest BCUT2D eigenvalue weighted by Gasteiger charge is 2.28. The topological polar surface area (TPSA) is 140 Å². The zero-order chi connectivity index (χ0) is 25.8. The third-order valence-electron chi connectivity index (χ3n) is 6.62. The van der Waals surface area contributed by atoms with E-state index in [1.54, 1.807) is 35.2 Å². The van der Waals surface area contributed by atoms with E-state index < -0.39 is 15.6 Å². The highest BCUT2D eigenvalue weighted by atomic mass is 32.2. The number of likely N-dealkylation sites (tertiary alicyclic amines) is 1. The van der Waals surface area contributed by atoms with Crippen LogP contribution in [0.5, 0.6) is 0 Å². The van der Waals surface area contributed by atoms with E-state index in [1.807, 2.05) is 0 Å². The average Bonchev–Trinajstić information content (AvgIpc) is 3.50. The largest absolute Gasteiger partial charge is 0.389 e. The molecular formula is C24H36N8O3S. The molecule has 0 aliphatic carbocycles. The first-order valence-corrected chi connectivity index (χ1v) is 14.2. The number of aliphatic hydroxyl groups is 1. The highest BCUT2D eigenvalue weighted by molar-refractivity contribution is 7.89. The lowest BCUT2D eigenvalue weighted by molar-refractivity contribution is 0.0577. The van der Waals surface area contributed by atoms with Crippen molar-refractivity contribution in [2.45, 2.75) is 64.1 Å². The molecule has 12 heteroatoms. The minimum absolute atomic E-state index is 0.0414. The smallest absolute Gasteiger partial charge is 0.223 e. The molecule has 2 aromatic heterocycles. The SMILES string of the molecule is CC(C)(O)Cn1cc(-c2nc(NC3CCN(S(=O)(=O)CCCN4CCCC4)CC3)ncc2C#N)cn1. The zero-order valence-electron chi connectivity index (χ0n) is 21.1. The number of piperidine rings is 1. The van der Waals surface area contributed by atoms with Gasteiger partial charge >= 0.3 is 0 Å². The molecule has 2 aliphatic heterocycles. The lowest BCUT2D eigenvalue weighted by Gasteiger charge is -2.31. The van der Waals surface area contributed by atoms with Crippen LogP contribution in [0.25, 0.3) is 11.3 Å². The molecule has 2 aromatic rings. The van der Waals surface area contributed by atoms with E-state index in [4.69, 9.17) is 0 Å². The lowest BCUT2D eigenvalue weighted by Crippen LogP contribution is -2.43. The van der Waals surface area contributed by atoms with Gasteiger partial charge in [0.25, 0.3) is 0 Å². The number of nitrogens with one attached hydrogen (secondary N) is 1. The van der Waals surface area contributed by atoms with Crippen molar-refractivity contribution in [3.05, 3.63) is 24.2 Å². The van der Waals surface area contributed by atoms with Gasteiger partial charge in [-0.25, -0.2) is 22.7 Å². The van der Waals surface area contributed by atoms with Gasteiger partial charge in [-0.05, 0) is 65.6 Å². The zero-order valence-corrected chi connectivity index (χ0v) is 21.9. The standard InChI is InChI=1S/C24H36N8O3S/c1-24(2,33)18-31-17-20(16-27-31)22-19(14-25)15-26-23(29-22)28-21-6-11-32(12-7-21)36(34,35)13-5-10-30-8-3-4-9-30/h15-17,21,33H,3-13,18H2,1-2H3,(H,26,28,29). The number of hydrogen-bond acceptors (Lipinski definition) is 9. The molecule has 0 atom stereocenters. The maximum absolute atomic E-state index is 12.8. The maximum atomic E-state index is 12.8. The summed E-state index contributed by atoms with van der Waals surface area (Å²) in [5.74, 6) is 0.594. The van der Waals surface area contributed by atoms with Crippen molar-refractivity contribution in [1.29, 1.82) is 5.26 Å². The van der Waals surface area contributed by atoms with Gasteiger partial charge in [-0.1, -0.05) is 0 Å². The maximum Gasteiger partial charge on any atom is 0.223 e. The molecule has 36 heavy (non-hydrogen) atoms. The van der Waals surface area contributed by atoms with Crippen LogP contribution in [0.15, 0.2) is 18.6 Å². The molecule has 0 unspecified atom stereocenters. The molecule has 0 radical (unpaired) electrons. The van der Waals surface area contributed by atoms with E-state index in [0.717, 1.165) is 19.6 Å². The molecule has 2 saturated heterocycles. The summed E-state index contributed by atoms with van der Waals surface area (Å²) in [5.41, 5.74) is 0.542. The Hall–Kier alpha value is -2.59. The summed E-state index contributed by atoms with van der Waals surface area (Å²) in [6.45, 7) is 7.67. The minimum Gasteiger partial charge on any atom is -0.389 e. The number of sulfonamides is 1. The van der Waals surface area contributed by atoms with E-state index in [-0.39, 0.29) is 11.8 Å². The predicted octanol–water partition coefficient (Wildman–Crippen LogP) is 1.67. The molecule has 196 valence electrons. The van der Waals surface area contributed by atoms with Crippen LogP contribution in [-0.4, -0.2) is 92.6 Å². The summed E-state index contributed by atoms with van der Waals surface area (Å²) in [4.78, 5) is 11.2. The van der Waals surface area contributed by atoms with E-state index in [0.29, 0.717) is 61.7 Å². The number of aromatic nitrogens is 4. The van der Waals surface area contributed by atoms with E-state index in [9.17, 15) is 18.8 Å². The van der Waals surface area contributed by atoms with Crippen LogP contribution in [0.2, 0.25) is 0 Å². The summed E-state index contributed by atoms with van der Waals surface area (Å²) in [6, 6.07) is 2.17. The third-order valence-corrected chi connectivity index (χ3v) is 8.58. The van der Waals surface area contributed by atoms with Crippen molar-refractivity contribution >= 4 is 16.0 Å². The van der Waals surface area contributed by atoms with Crippen molar-refractivity contribution in [2.75, 3.05) is 43.8 Å². The van der Waals surface area contributed by atoms with Crippen molar-refractivity contribution < 1.29 is 13.5 Å². The second-order valence-corrected chi connectivity index (χ2v) is 12.4. The van der Waals surface area contributed by atoms with Crippen LogP contribution in [-0.2, 0) is 16.6 Å². The fourth-order valence-corrected chi connectivity index (χ4v) is 6.31. The van der Waals surface area contributed by atoms with Crippen molar-refractivity contribution in [1.82, 2.24) is 29.0 Å². The predicted molar refractivity (Wildman–Crippen MR) is 137 cm³/mol. The second-order valence-electron chi connectivity index (χ2n) is 10.3. The first kappa shape index (κ1) is 26.5. The Labute approximate surface area is 213 Å². The summed E-state index contributed by atoms with van der Waals surface area (Å²) < 4.78 is 28.8. The van der Waals surface area contributed by atoms with Gasteiger partial charge in [-0.3, -0.25) is 4.68 Å². The molecule has 2 fully saturated rings. The first-order chi connectivity index (χ1) is 17.1. The van der Waals surface area contributed by atoms with Crippen molar-refractivity contribution in [3.8, 4) is 17.3 Å². The molecule has 4 rings (SSSR count). The van der Waals surface area contributed by atoms with E-state index >= 15 is 0 Å². The Kier molecular flexibility index (Phi) is 8.24. The summed E-state index contributed by atoms with van der Waals surface area (Å²) in [7, 11) is -3.25. The second kappa shape index (κ2) is 11.2. The summed E-state index contributed by atoms with van der Waals surface area (Å²) in [6.07, 6.45) is 9.27. The monoisotopic (exact) mass is 516 g/mol. The molecule has 0 amide bonds. The Bertz CT molecular complexity index is 1170. The van der Waals surface area contributed by atoms with Crippen molar-refractivity contribution in [3.63, 3.8) is 0 Å². The molecule has 0 aromatic carbocycles. The molecular weight excluding hydrogens is 480 g/mol. The van der Waals surface area contributed by atoms with Crippen LogP contribution in [0.3, 0.4) is 0 Å². The highest BCUT2D eigenvalue weighted by Crippen LogP contribution is 2.24. The van der Waals surface area contributed by atoms with Gasteiger partial charge in [0.2, 0.25) is 16.0 Å². The molecule has 2 N–H and O–H groups in total. The number of anilines is 1. The Morgan fingerprint density at radius 1 is 1.19 bits per heavy atom. The van der Waals surface area contributed by atoms with Gasteiger partial charge in [0.05, 0.1) is 41.5 Å². The van der Waals surface area contributed by atoms with Crippen LogP contribution < -0.4 is 5.32 Å². The molecule has 0 spiro atoms. The quantitative estimate of drug-likeness (QED) is 0.482. The fraction of sp³-hybridized carbons (Fsp3) is 0.667. The lowest BCUT2D eigenvalue weighted by atomic mass is 10.1. The van der Waals surface area contributed by atoms with Gasteiger partial charge in [-0.15, -0.1) is 0 Å². The van der Waals surface area contributed by atoms with Gasteiger partial charge in [-0.2, -0.15) is 10.4 Å². The first-order valence-electron chi connectivity index (χ1n) is 12.6. The molecule has 11 nitrogen and oxygen atoms in total. The van der Waals surface area contributed by atoms with Gasteiger partial charge < -0.3 is 15.3 Å². The number of nitrogens with zero attached hydrogens (tertiary/aromatic N) is 7. The van der Waals surface area contributed by atoms with Crippen LogP contribution in [0.4, 0.5) is 5.95 Å². The third kappa shape index (κ3) is 7.00. The average molecular weight is 517 g/mol. The van der Waals surface area contributed by atoms with Gasteiger partial charge in [0, 0.05) is 30.9 Å². The van der Waals surface area contributed by atoms with Crippen molar-refractivity contribution in [2.24, 2.45) is 0 Å². The Morgan fingerprint density at radius 3 is 2.58 bits per heavy atom. The number of hydrogen-bond donors (Lipinski definition) is 2. The Balaban J connectivity index is 1.33. The molecule has 0 saturated carbocycles. The summed E-state index contributed by atoms with van der Waals surface area (Å²) >= 11 is 0. The van der Waals surface area contributed by atoms with E-state index in [2.05, 4.69) is 31.4 Å². The Morgan fingerprint density at radius 2 is 1.92 bits per heavy atom. The normalized spacial score (nSPS) is 18.4. The van der Waals surface area contributed by atoms with Crippen LogP contribution in [0.1, 0.15) is 51.5 Å². The molecule has 2 aliphatic rings. The van der Waals surface area contributed by atoms with E-state index in [1.165, 1.54) is 19.0 Å². The minimum atomic E-state index is -3.25. The van der Waals surface area contributed by atoms with Crippen LogP contribution in [0, 0.1) is 11.3 Å². The fourth-order valence-electron chi connectivity index (χ4n) is 4.79. The van der Waals surface area contributed by atoms with Gasteiger partial charge in [0.1, 0.15) is 6.07 Å². The molecule has 0 bridgehead atoms. The van der Waals surface area contributed by atoms with Crippen LogP contribution >= 0.6 is 0 Å². The summed E-state index contributed by atoms with van der Waals surface area (Å²) in [5, 5.41) is 27.2. The number of nitriles is 1. The number of rotatable bonds is 10. The van der Waals surface area contributed by atoms with Gasteiger partial charge in [0.15, 0.2) is 0 Å². The molecule has 4 heterocycles.